The highest BCUT2D eigenvalue weighted by molar-refractivity contribution is 9.08. The fourth-order valence-corrected chi connectivity index (χ4v) is 2.14. The molecule has 0 saturated carbocycles. The summed E-state index contributed by atoms with van der Waals surface area (Å²) in [4.78, 5) is 0. The second-order valence-corrected chi connectivity index (χ2v) is 5.05. The highest BCUT2D eigenvalue weighted by Gasteiger charge is 2.02. The van der Waals surface area contributed by atoms with Gasteiger partial charge in [-0.05, 0) is 36.1 Å². The minimum Gasteiger partial charge on any atom is -0.492 e. The fraction of sp³-hybridized carbons (Fsp3) is 0.455. The Balaban J connectivity index is 2.47. The van der Waals surface area contributed by atoms with Gasteiger partial charge in [-0.2, -0.15) is 11.8 Å². The van der Waals surface area contributed by atoms with Crippen molar-refractivity contribution in [3.05, 3.63) is 28.8 Å². The third kappa shape index (κ3) is 4.66. The molecule has 0 aliphatic heterocycles. The van der Waals surface area contributed by atoms with Gasteiger partial charge in [0.1, 0.15) is 5.75 Å². The van der Waals surface area contributed by atoms with Gasteiger partial charge in [-0.15, -0.1) is 0 Å². The van der Waals surface area contributed by atoms with Gasteiger partial charge >= 0.3 is 0 Å². The third-order valence-corrected chi connectivity index (χ3v) is 3.54. The quantitative estimate of drug-likeness (QED) is 0.570. The largest absolute Gasteiger partial charge is 0.492 e. The lowest BCUT2D eigenvalue weighted by molar-refractivity contribution is 0.319. The summed E-state index contributed by atoms with van der Waals surface area (Å²) in [6, 6.07) is 5.88. The van der Waals surface area contributed by atoms with Gasteiger partial charge in [-0.3, -0.25) is 0 Å². The Morgan fingerprint density at radius 3 is 2.87 bits per heavy atom. The lowest BCUT2D eigenvalue weighted by atomic mass is 10.2. The van der Waals surface area contributed by atoms with Crippen LogP contribution in [-0.4, -0.2) is 18.6 Å². The smallest absolute Gasteiger partial charge is 0.137 e. The molecule has 0 radical (unpaired) electrons. The molecule has 0 unspecified atom stereocenters. The first-order chi connectivity index (χ1) is 7.27. The molecule has 0 atom stereocenters. The van der Waals surface area contributed by atoms with E-state index in [4.69, 9.17) is 16.3 Å². The van der Waals surface area contributed by atoms with Crippen LogP contribution < -0.4 is 4.74 Å². The average Bonchev–Trinajstić information content (AvgIpc) is 2.26. The standard InChI is InChI=1S/C11H14BrClOS/c1-15-6-2-5-14-11-4-3-9(8-12)7-10(11)13/h3-4,7H,2,5-6,8H2,1H3. The van der Waals surface area contributed by atoms with Gasteiger partial charge in [0.2, 0.25) is 0 Å². The topological polar surface area (TPSA) is 9.23 Å². The molecule has 0 bridgehead atoms. The molecule has 0 heterocycles. The molecule has 0 aliphatic carbocycles. The number of ether oxygens (including phenoxy) is 1. The van der Waals surface area contributed by atoms with Gasteiger partial charge in [0, 0.05) is 5.33 Å². The van der Waals surface area contributed by atoms with E-state index < -0.39 is 0 Å². The molecule has 0 aromatic heterocycles. The highest BCUT2D eigenvalue weighted by atomic mass is 79.9. The zero-order chi connectivity index (χ0) is 11.1. The molecular formula is C11H14BrClOS. The number of thioether (sulfide) groups is 1. The number of hydrogen-bond acceptors (Lipinski definition) is 2. The minimum absolute atomic E-state index is 0.691. The number of rotatable bonds is 6. The van der Waals surface area contributed by atoms with Crippen molar-refractivity contribution < 1.29 is 4.74 Å². The molecule has 15 heavy (non-hydrogen) atoms. The maximum atomic E-state index is 6.07. The Bertz CT molecular complexity index is 307. The van der Waals surface area contributed by atoms with E-state index in [0.29, 0.717) is 5.02 Å². The van der Waals surface area contributed by atoms with E-state index in [1.54, 1.807) is 0 Å². The van der Waals surface area contributed by atoms with Crippen molar-refractivity contribution >= 4 is 39.3 Å². The van der Waals surface area contributed by atoms with Crippen LogP contribution >= 0.6 is 39.3 Å². The van der Waals surface area contributed by atoms with E-state index in [0.717, 1.165) is 35.4 Å². The monoisotopic (exact) mass is 308 g/mol. The second kappa shape index (κ2) is 7.42. The Labute approximate surface area is 109 Å². The van der Waals surface area contributed by atoms with Crippen LogP contribution in [0.2, 0.25) is 5.02 Å². The summed E-state index contributed by atoms with van der Waals surface area (Å²) in [5, 5.41) is 1.51. The average molecular weight is 310 g/mol. The van der Waals surface area contributed by atoms with E-state index in [1.165, 1.54) is 0 Å². The third-order valence-electron chi connectivity index (χ3n) is 1.90. The summed E-state index contributed by atoms with van der Waals surface area (Å²) in [5.74, 6) is 1.90. The van der Waals surface area contributed by atoms with Gasteiger partial charge in [0.15, 0.2) is 0 Å². The Morgan fingerprint density at radius 2 is 2.27 bits per heavy atom. The van der Waals surface area contributed by atoms with Gasteiger partial charge in [0.25, 0.3) is 0 Å². The second-order valence-electron chi connectivity index (χ2n) is 3.09. The number of hydrogen-bond donors (Lipinski definition) is 0. The van der Waals surface area contributed by atoms with Crippen LogP contribution in [-0.2, 0) is 5.33 Å². The summed E-state index contributed by atoms with van der Waals surface area (Å²) < 4.78 is 5.58. The molecule has 1 rings (SSSR count). The van der Waals surface area contributed by atoms with E-state index in [2.05, 4.69) is 22.2 Å². The number of halogens is 2. The highest BCUT2D eigenvalue weighted by Crippen LogP contribution is 2.26. The SMILES string of the molecule is CSCCCOc1ccc(CBr)cc1Cl. The normalized spacial score (nSPS) is 10.3. The molecular weight excluding hydrogens is 296 g/mol. The van der Waals surface area contributed by atoms with Crippen molar-refractivity contribution in [1.82, 2.24) is 0 Å². The van der Waals surface area contributed by atoms with E-state index in [-0.39, 0.29) is 0 Å². The van der Waals surface area contributed by atoms with Gasteiger partial charge < -0.3 is 4.74 Å². The first-order valence-electron chi connectivity index (χ1n) is 4.74. The molecule has 1 aromatic rings. The molecule has 0 fully saturated rings. The molecule has 1 aromatic carbocycles. The molecule has 1 nitrogen and oxygen atoms in total. The first-order valence-corrected chi connectivity index (χ1v) is 7.63. The molecule has 0 aliphatic rings. The van der Waals surface area contributed by atoms with Crippen molar-refractivity contribution in [2.45, 2.75) is 11.8 Å². The summed E-state index contributed by atoms with van der Waals surface area (Å²) in [6.45, 7) is 0.730. The van der Waals surface area contributed by atoms with E-state index in [1.807, 2.05) is 30.0 Å². The minimum atomic E-state index is 0.691. The van der Waals surface area contributed by atoms with Crippen molar-refractivity contribution in [3.8, 4) is 5.75 Å². The van der Waals surface area contributed by atoms with Crippen LogP contribution in [0, 0.1) is 0 Å². The zero-order valence-corrected chi connectivity index (χ0v) is 11.8. The maximum absolute atomic E-state index is 6.07. The van der Waals surface area contributed by atoms with Crippen molar-refractivity contribution in [1.29, 1.82) is 0 Å². The van der Waals surface area contributed by atoms with Gasteiger partial charge in [0.05, 0.1) is 11.6 Å². The van der Waals surface area contributed by atoms with Gasteiger partial charge in [-0.25, -0.2) is 0 Å². The summed E-state index contributed by atoms with van der Waals surface area (Å²) in [5.41, 5.74) is 1.16. The number of benzene rings is 1. The number of alkyl halides is 1. The predicted molar refractivity (Wildman–Crippen MR) is 72.6 cm³/mol. The summed E-state index contributed by atoms with van der Waals surface area (Å²) >= 11 is 11.3. The molecule has 4 heteroatoms. The van der Waals surface area contributed by atoms with Crippen LogP contribution in [0.1, 0.15) is 12.0 Å². The maximum Gasteiger partial charge on any atom is 0.137 e. The first kappa shape index (κ1) is 13.2. The lowest BCUT2D eigenvalue weighted by Crippen LogP contribution is -1.99. The van der Waals surface area contributed by atoms with Crippen LogP contribution in [0.15, 0.2) is 18.2 Å². The lowest BCUT2D eigenvalue weighted by Gasteiger charge is -2.08. The van der Waals surface area contributed by atoms with Crippen molar-refractivity contribution in [2.24, 2.45) is 0 Å². The molecule has 0 amide bonds. The van der Waals surface area contributed by atoms with E-state index >= 15 is 0 Å². The Morgan fingerprint density at radius 1 is 1.47 bits per heavy atom. The molecule has 0 N–H and O–H groups in total. The Hall–Kier alpha value is 0.140. The fourth-order valence-electron chi connectivity index (χ4n) is 1.13. The molecule has 84 valence electrons. The van der Waals surface area contributed by atoms with E-state index in [9.17, 15) is 0 Å². The summed E-state index contributed by atoms with van der Waals surface area (Å²) in [7, 11) is 0. The van der Waals surface area contributed by atoms with Crippen LogP contribution in [0.3, 0.4) is 0 Å². The molecule has 0 saturated heterocycles. The molecule has 0 spiro atoms. The van der Waals surface area contributed by atoms with Crippen molar-refractivity contribution in [2.75, 3.05) is 18.6 Å². The summed E-state index contributed by atoms with van der Waals surface area (Å²) in [6.07, 6.45) is 3.15. The van der Waals surface area contributed by atoms with Crippen LogP contribution in [0.4, 0.5) is 0 Å². The van der Waals surface area contributed by atoms with Gasteiger partial charge in [-0.1, -0.05) is 33.6 Å². The predicted octanol–water partition coefficient (Wildman–Crippen LogP) is 4.37. The van der Waals surface area contributed by atoms with Crippen LogP contribution in [0.5, 0.6) is 5.75 Å². The van der Waals surface area contributed by atoms with Crippen LogP contribution in [0.25, 0.3) is 0 Å². The Kier molecular flexibility index (Phi) is 6.53. The van der Waals surface area contributed by atoms with Crippen molar-refractivity contribution in [3.63, 3.8) is 0 Å². The zero-order valence-electron chi connectivity index (χ0n) is 8.63.